The predicted octanol–water partition coefficient (Wildman–Crippen LogP) is 4.67. The summed E-state index contributed by atoms with van der Waals surface area (Å²) < 4.78 is 0. The Morgan fingerprint density at radius 2 is 1.92 bits per heavy atom. The third-order valence-corrected chi connectivity index (χ3v) is 1.38. The van der Waals surface area contributed by atoms with Crippen molar-refractivity contribution in [3.05, 3.63) is 49.1 Å². The normalized spacial score (nSPS) is 15.5. The van der Waals surface area contributed by atoms with Gasteiger partial charge in [0.2, 0.25) is 0 Å². The topological polar surface area (TPSA) is 0 Å². The lowest BCUT2D eigenvalue weighted by Gasteiger charge is -1.99. The first-order chi connectivity index (χ1) is 6.43. The molecule has 1 aliphatic rings. The summed E-state index contributed by atoms with van der Waals surface area (Å²) in [5.74, 6) is 0. The van der Waals surface area contributed by atoms with Gasteiger partial charge in [0.15, 0.2) is 0 Å². The van der Waals surface area contributed by atoms with Gasteiger partial charge in [0.25, 0.3) is 0 Å². The van der Waals surface area contributed by atoms with E-state index in [0.29, 0.717) is 0 Å². The minimum atomic E-state index is 1.12. The van der Waals surface area contributed by atoms with Crippen LogP contribution in [0.15, 0.2) is 49.1 Å². The molecule has 74 valence electrons. The van der Waals surface area contributed by atoms with Crippen molar-refractivity contribution in [3.8, 4) is 0 Å². The van der Waals surface area contributed by atoms with E-state index in [0.717, 1.165) is 12.8 Å². The molecule has 1 aliphatic carbocycles. The fourth-order valence-corrected chi connectivity index (χ4v) is 0.943. The quantitative estimate of drug-likeness (QED) is 0.512. The Balaban J connectivity index is 0. The highest BCUT2D eigenvalue weighted by Crippen LogP contribution is 2.09. The standard InChI is InChI=1S/C9H12.C2H6.C2H4/c1-2-6-9-7-4-3-5-8-9;2*1-2/h3-7H,2,8H2,1H3;1-2H3;1-2H2/b9-6-;;. The molecule has 0 aromatic heterocycles. The minimum absolute atomic E-state index is 1.12. The lowest BCUT2D eigenvalue weighted by atomic mass is 10.1. The van der Waals surface area contributed by atoms with Crippen molar-refractivity contribution in [2.75, 3.05) is 0 Å². The molecule has 13 heavy (non-hydrogen) atoms. The maximum atomic E-state index is 3.00. The zero-order valence-corrected chi connectivity index (χ0v) is 9.22. The molecule has 0 aliphatic heterocycles. The molecule has 0 radical (unpaired) electrons. The van der Waals surface area contributed by atoms with Gasteiger partial charge in [-0.05, 0) is 18.4 Å². The van der Waals surface area contributed by atoms with Crippen LogP contribution in [0.4, 0.5) is 0 Å². The summed E-state index contributed by atoms with van der Waals surface area (Å²) in [6, 6.07) is 0. The molecular formula is C13H22. The van der Waals surface area contributed by atoms with E-state index in [1.165, 1.54) is 5.57 Å². The molecule has 0 spiro atoms. The lowest BCUT2D eigenvalue weighted by molar-refractivity contribution is 1.15. The molecule has 0 amide bonds. The fraction of sp³-hybridized carbons (Fsp3) is 0.385. The number of hydrogen-bond donors (Lipinski definition) is 0. The van der Waals surface area contributed by atoms with Gasteiger partial charge in [0.1, 0.15) is 0 Å². The average molecular weight is 178 g/mol. The van der Waals surface area contributed by atoms with Crippen LogP contribution in [0.1, 0.15) is 33.6 Å². The SMILES string of the molecule is C=C.CC.CC/C=C1/C=CC=CC1. The van der Waals surface area contributed by atoms with E-state index in [4.69, 9.17) is 0 Å². The zero-order chi connectivity index (χ0) is 10.5. The number of allylic oxidation sites excluding steroid dienone is 6. The molecule has 0 fully saturated rings. The second-order valence-electron chi connectivity index (χ2n) is 2.18. The molecule has 0 atom stereocenters. The monoisotopic (exact) mass is 178 g/mol. The van der Waals surface area contributed by atoms with Crippen LogP contribution >= 0.6 is 0 Å². The molecule has 0 saturated heterocycles. The third-order valence-electron chi connectivity index (χ3n) is 1.38. The molecule has 0 N–H and O–H groups in total. The summed E-state index contributed by atoms with van der Waals surface area (Å²) in [7, 11) is 0. The molecule has 0 saturated carbocycles. The van der Waals surface area contributed by atoms with Gasteiger partial charge in [-0.25, -0.2) is 0 Å². The van der Waals surface area contributed by atoms with Gasteiger partial charge in [0, 0.05) is 0 Å². The maximum Gasteiger partial charge on any atom is -0.00975 e. The minimum Gasteiger partial charge on any atom is -0.106 e. The van der Waals surface area contributed by atoms with Crippen LogP contribution in [0.2, 0.25) is 0 Å². The van der Waals surface area contributed by atoms with Crippen LogP contribution < -0.4 is 0 Å². The molecule has 0 aromatic carbocycles. The predicted molar refractivity (Wildman–Crippen MR) is 63.9 cm³/mol. The summed E-state index contributed by atoms with van der Waals surface area (Å²) >= 11 is 0. The first-order valence-corrected chi connectivity index (χ1v) is 4.95. The largest absolute Gasteiger partial charge is 0.106 e. The second-order valence-corrected chi connectivity index (χ2v) is 2.18. The van der Waals surface area contributed by atoms with Crippen molar-refractivity contribution >= 4 is 0 Å². The highest BCUT2D eigenvalue weighted by atomic mass is 14.0. The Hall–Kier alpha value is -1.04. The summed E-state index contributed by atoms with van der Waals surface area (Å²) in [4.78, 5) is 0. The van der Waals surface area contributed by atoms with E-state index in [9.17, 15) is 0 Å². The molecule has 0 nitrogen and oxygen atoms in total. The summed E-state index contributed by atoms with van der Waals surface area (Å²) in [5.41, 5.74) is 1.44. The van der Waals surface area contributed by atoms with E-state index >= 15 is 0 Å². The Morgan fingerprint density at radius 1 is 1.31 bits per heavy atom. The van der Waals surface area contributed by atoms with Crippen LogP contribution in [-0.2, 0) is 0 Å². The van der Waals surface area contributed by atoms with Crippen LogP contribution in [0.25, 0.3) is 0 Å². The Labute approximate surface area is 83.4 Å². The molecule has 0 unspecified atom stereocenters. The van der Waals surface area contributed by atoms with Crippen LogP contribution in [0.3, 0.4) is 0 Å². The zero-order valence-electron chi connectivity index (χ0n) is 9.22. The van der Waals surface area contributed by atoms with Crippen molar-refractivity contribution in [2.24, 2.45) is 0 Å². The van der Waals surface area contributed by atoms with Crippen molar-refractivity contribution < 1.29 is 0 Å². The van der Waals surface area contributed by atoms with Crippen LogP contribution in [0, 0.1) is 0 Å². The van der Waals surface area contributed by atoms with Crippen molar-refractivity contribution in [1.82, 2.24) is 0 Å². The van der Waals surface area contributed by atoms with E-state index in [2.05, 4.69) is 50.5 Å². The fourth-order valence-electron chi connectivity index (χ4n) is 0.943. The van der Waals surface area contributed by atoms with Gasteiger partial charge in [-0.15, -0.1) is 13.2 Å². The summed E-state index contributed by atoms with van der Waals surface area (Å²) in [5, 5.41) is 0. The highest BCUT2D eigenvalue weighted by molar-refractivity contribution is 5.29. The maximum absolute atomic E-state index is 3.00. The first-order valence-electron chi connectivity index (χ1n) is 4.95. The van der Waals surface area contributed by atoms with Gasteiger partial charge in [-0.3, -0.25) is 0 Å². The third kappa shape index (κ3) is 8.87. The number of hydrogen-bond acceptors (Lipinski definition) is 0. The van der Waals surface area contributed by atoms with E-state index in [1.807, 2.05) is 13.8 Å². The van der Waals surface area contributed by atoms with Gasteiger partial charge in [-0.2, -0.15) is 0 Å². The first kappa shape index (κ1) is 14.5. The Bertz CT molecular complexity index is 170. The Morgan fingerprint density at radius 3 is 2.31 bits per heavy atom. The highest BCUT2D eigenvalue weighted by Gasteiger charge is 1.89. The van der Waals surface area contributed by atoms with Crippen molar-refractivity contribution in [1.29, 1.82) is 0 Å². The van der Waals surface area contributed by atoms with Crippen LogP contribution in [-0.4, -0.2) is 0 Å². The summed E-state index contributed by atoms with van der Waals surface area (Å²) in [6.07, 6.45) is 13.1. The van der Waals surface area contributed by atoms with Crippen molar-refractivity contribution in [3.63, 3.8) is 0 Å². The van der Waals surface area contributed by atoms with Crippen molar-refractivity contribution in [2.45, 2.75) is 33.6 Å². The van der Waals surface area contributed by atoms with E-state index in [1.54, 1.807) is 0 Å². The van der Waals surface area contributed by atoms with Gasteiger partial charge >= 0.3 is 0 Å². The molecule has 0 bridgehead atoms. The van der Waals surface area contributed by atoms with Gasteiger partial charge in [-0.1, -0.05) is 51.2 Å². The van der Waals surface area contributed by atoms with E-state index < -0.39 is 0 Å². The lowest BCUT2D eigenvalue weighted by Crippen LogP contribution is -1.78. The molecule has 1 rings (SSSR count). The Kier molecular flexibility index (Phi) is 15.1. The average Bonchev–Trinajstić information content (AvgIpc) is 2.26. The van der Waals surface area contributed by atoms with E-state index in [-0.39, 0.29) is 0 Å². The molecule has 0 heteroatoms. The molecule has 0 aromatic rings. The number of rotatable bonds is 1. The molecular weight excluding hydrogens is 156 g/mol. The smallest absolute Gasteiger partial charge is 0.00975 e. The summed E-state index contributed by atoms with van der Waals surface area (Å²) in [6.45, 7) is 12.2. The van der Waals surface area contributed by atoms with Gasteiger partial charge < -0.3 is 0 Å². The molecule has 0 heterocycles. The van der Waals surface area contributed by atoms with Gasteiger partial charge in [0.05, 0.1) is 0 Å². The second kappa shape index (κ2) is 13.5. The van der Waals surface area contributed by atoms with Crippen LogP contribution in [0.5, 0.6) is 0 Å².